The lowest BCUT2D eigenvalue weighted by Gasteiger charge is -2.06. The molecule has 0 aliphatic carbocycles. The fraction of sp³-hybridized carbons (Fsp3) is 0.273. The van der Waals surface area contributed by atoms with Gasteiger partial charge in [-0.3, -0.25) is 4.79 Å². The van der Waals surface area contributed by atoms with Crippen LogP contribution in [0.1, 0.15) is 5.56 Å². The zero-order valence-corrected chi connectivity index (χ0v) is 10.4. The lowest BCUT2D eigenvalue weighted by molar-refractivity contribution is -0.122. The molecular weight excluding hydrogens is 248 g/mol. The van der Waals surface area contributed by atoms with Crippen molar-refractivity contribution in [1.29, 1.82) is 0 Å². The highest BCUT2D eigenvalue weighted by atomic mass is 16.5. The summed E-state index contributed by atoms with van der Waals surface area (Å²) in [7, 11) is 1.54. The number of amides is 1. The van der Waals surface area contributed by atoms with E-state index in [0.29, 0.717) is 12.4 Å². The highest BCUT2D eigenvalue weighted by Crippen LogP contribution is 2.07. The van der Waals surface area contributed by atoms with Crippen molar-refractivity contribution >= 4 is 11.9 Å². The van der Waals surface area contributed by atoms with Crippen LogP contribution in [0.3, 0.4) is 0 Å². The van der Waals surface area contributed by atoms with E-state index < -0.39 is 0 Å². The number of nitrogens with two attached hydrogens (primary N) is 1. The number of methoxy groups -OCH3 is 1. The number of rotatable bonds is 5. The van der Waals surface area contributed by atoms with E-state index in [1.165, 1.54) is 11.0 Å². The lowest BCUT2D eigenvalue weighted by Crippen LogP contribution is -2.27. The van der Waals surface area contributed by atoms with Gasteiger partial charge in [-0.2, -0.15) is 0 Å². The maximum atomic E-state index is 11.7. The van der Waals surface area contributed by atoms with E-state index in [4.69, 9.17) is 10.5 Å². The predicted octanol–water partition coefficient (Wildman–Crippen LogP) is -0.420. The number of carbonyl (C=O) groups excluding carboxylic acids is 1. The summed E-state index contributed by atoms with van der Waals surface area (Å²) < 4.78 is 6.37. The second kappa shape index (κ2) is 5.80. The molecule has 2 heterocycles. The standard InChI is InChI=1S/C11H14N6O2/c1-19-10-4-8(2-3-13-10)5-14-9(18)6-17-7-15-11(12)16-17/h2-4,7H,5-6H2,1H3,(H2,12,16)(H,14,18). The molecule has 2 rings (SSSR count). The molecule has 2 aromatic rings. The van der Waals surface area contributed by atoms with Crippen LogP contribution in [0.25, 0.3) is 0 Å². The molecule has 0 unspecified atom stereocenters. The summed E-state index contributed by atoms with van der Waals surface area (Å²) in [6.45, 7) is 0.467. The van der Waals surface area contributed by atoms with Gasteiger partial charge >= 0.3 is 0 Å². The van der Waals surface area contributed by atoms with E-state index in [9.17, 15) is 4.79 Å². The van der Waals surface area contributed by atoms with Gasteiger partial charge in [0.25, 0.3) is 0 Å². The number of hydrogen-bond acceptors (Lipinski definition) is 6. The number of pyridine rings is 1. The molecule has 0 bridgehead atoms. The minimum absolute atomic E-state index is 0.0758. The summed E-state index contributed by atoms with van der Waals surface area (Å²) >= 11 is 0. The first kappa shape index (κ1) is 12.8. The van der Waals surface area contributed by atoms with Crippen LogP contribution in [0.2, 0.25) is 0 Å². The molecule has 0 radical (unpaired) electrons. The van der Waals surface area contributed by atoms with Crippen molar-refractivity contribution in [1.82, 2.24) is 25.1 Å². The maximum Gasteiger partial charge on any atom is 0.242 e. The molecule has 2 aromatic heterocycles. The molecule has 3 N–H and O–H groups in total. The van der Waals surface area contributed by atoms with Crippen LogP contribution in [0, 0.1) is 0 Å². The van der Waals surface area contributed by atoms with E-state index >= 15 is 0 Å². The van der Waals surface area contributed by atoms with Crippen molar-refractivity contribution in [2.75, 3.05) is 12.8 Å². The Morgan fingerprint density at radius 2 is 2.37 bits per heavy atom. The number of nitrogens with zero attached hydrogens (tertiary/aromatic N) is 4. The van der Waals surface area contributed by atoms with E-state index in [0.717, 1.165) is 5.56 Å². The van der Waals surface area contributed by atoms with Crippen LogP contribution in [-0.4, -0.2) is 32.8 Å². The largest absolute Gasteiger partial charge is 0.481 e. The average Bonchev–Trinajstić information content (AvgIpc) is 2.82. The van der Waals surface area contributed by atoms with Crippen molar-refractivity contribution in [2.24, 2.45) is 0 Å². The van der Waals surface area contributed by atoms with E-state index in [1.54, 1.807) is 25.4 Å². The first-order chi connectivity index (χ1) is 9.17. The molecular formula is C11H14N6O2. The van der Waals surface area contributed by atoms with Gasteiger partial charge < -0.3 is 15.8 Å². The van der Waals surface area contributed by atoms with Gasteiger partial charge in [-0.05, 0) is 11.6 Å². The summed E-state index contributed by atoms with van der Waals surface area (Å²) in [5.74, 6) is 0.475. The van der Waals surface area contributed by atoms with Crippen LogP contribution in [-0.2, 0) is 17.9 Å². The van der Waals surface area contributed by atoms with Crippen molar-refractivity contribution in [3.63, 3.8) is 0 Å². The number of anilines is 1. The fourth-order valence-corrected chi connectivity index (χ4v) is 1.46. The lowest BCUT2D eigenvalue weighted by atomic mass is 10.2. The molecule has 100 valence electrons. The monoisotopic (exact) mass is 262 g/mol. The molecule has 0 fully saturated rings. The second-order valence-corrected chi connectivity index (χ2v) is 3.78. The summed E-state index contributed by atoms with van der Waals surface area (Å²) in [6, 6.07) is 3.56. The number of carbonyl (C=O) groups is 1. The zero-order valence-electron chi connectivity index (χ0n) is 10.4. The van der Waals surface area contributed by atoms with E-state index in [1.807, 2.05) is 0 Å². The third kappa shape index (κ3) is 3.66. The number of ether oxygens (including phenoxy) is 1. The first-order valence-corrected chi connectivity index (χ1v) is 5.58. The van der Waals surface area contributed by atoms with Gasteiger partial charge in [0, 0.05) is 18.8 Å². The Bertz CT molecular complexity index is 568. The minimum atomic E-state index is -0.180. The van der Waals surface area contributed by atoms with Crippen LogP contribution in [0.5, 0.6) is 5.88 Å². The Balaban J connectivity index is 1.86. The Morgan fingerprint density at radius 3 is 3.05 bits per heavy atom. The molecule has 8 heteroatoms. The van der Waals surface area contributed by atoms with Gasteiger partial charge in [0.1, 0.15) is 12.9 Å². The highest BCUT2D eigenvalue weighted by molar-refractivity contribution is 5.75. The molecule has 0 saturated heterocycles. The third-order valence-corrected chi connectivity index (χ3v) is 2.36. The molecule has 0 spiro atoms. The fourth-order valence-electron chi connectivity index (χ4n) is 1.46. The molecule has 0 aliphatic rings. The second-order valence-electron chi connectivity index (χ2n) is 3.78. The van der Waals surface area contributed by atoms with Crippen LogP contribution >= 0.6 is 0 Å². The highest BCUT2D eigenvalue weighted by Gasteiger charge is 2.05. The van der Waals surface area contributed by atoms with Gasteiger partial charge in [0.2, 0.25) is 17.7 Å². The van der Waals surface area contributed by atoms with Crippen LogP contribution in [0.4, 0.5) is 5.95 Å². The Labute approximate surface area is 109 Å². The average molecular weight is 262 g/mol. The third-order valence-electron chi connectivity index (χ3n) is 2.36. The van der Waals surface area contributed by atoms with Crippen LogP contribution < -0.4 is 15.8 Å². The Morgan fingerprint density at radius 1 is 1.53 bits per heavy atom. The number of aromatic nitrogens is 4. The molecule has 19 heavy (non-hydrogen) atoms. The van der Waals surface area contributed by atoms with Crippen molar-refractivity contribution in [3.05, 3.63) is 30.2 Å². The van der Waals surface area contributed by atoms with Gasteiger partial charge in [0.15, 0.2) is 0 Å². The zero-order chi connectivity index (χ0) is 13.7. The molecule has 1 amide bonds. The van der Waals surface area contributed by atoms with Gasteiger partial charge in [-0.25, -0.2) is 14.6 Å². The van der Waals surface area contributed by atoms with Crippen molar-refractivity contribution < 1.29 is 9.53 Å². The Kier molecular flexibility index (Phi) is 3.91. The predicted molar refractivity (Wildman–Crippen MR) is 67.1 cm³/mol. The van der Waals surface area contributed by atoms with Gasteiger partial charge in [-0.1, -0.05) is 0 Å². The smallest absolute Gasteiger partial charge is 0.242 e. The minimum Gasteiger partial charge on any atom is -0.481 e. The molecule has 0 saturated carbocycles. The molecule has 0 aliphatic heterocycles. The SMILES string of the molecule is COc1cc(CNC(=O)Cn2cnc(N)n2)ccn1. The topological polar surface area (TPSA) is 108 Å². The summed E-state index contributed by atoms with van der Waals surface area (Å²) in [5.41, 5.74) is 6.26. The normalized spacial score (nSPS) is 10.2. The summed E-state index contributed by atoms with van der Waals surface area (Å²) in [5, 5.41) is 6.58. The summed E-state index contributed by atoms with van der Waals surface area (Å²) in [4.78, 5) is 19.4. The van der Waals surface area contributed by atoms with E-state index in [2.05, 4.69) is 20.4 Å². The first-order valence-electron chi connectivity index (χ1n) is 5.58. The van der Waals surface area contributed by atoms with Gasteiger partial charge in [-0.15, -0.1) is 5.10 Å². The van der Waals surface area contributed by atoms with E-state index in [-0.39, 0.29) is 18.4 Å². The number of nitrogen functional groups attached to an aromatic ring is 1. The quantitative estimate of drug-likeness (QED) is 0.757. The molecule has 0 aromatic carbocycles. The van der Waals surface area contributed by atoms with Crippen molar-refractivity contribution in [3.8, 4) is 5.88 Å². The summed E-state index contributed by atoms with van der Waals surface area (Å²) in [6.07, 6.45) is 3.03. The van der Waals surface area contributed by atoms with Crippen LogP contribution in [0.15, 0.2) is 24.7 Å². The van der Waals surface area contributed by atoms with Gasteiger partial charge in [0.05, 0.1) is 7.11 Å². The number of hydrogen-bond donors (Lipinski definition) is 2. The molecule has 0 atom stereocenters. The maximum absolute atomic E-state index is 11.7. The van der Waals surface area contributed by atoms with Crippen molar-refractivity contribution in [2.45, 2.75) is 13.1 Å². The number of nitrogens with one attached hydrogen (secondary N) is 1. The molecule has 8 nitrogen and oxygen atoms in total. The Hall–Kier alpha value is -2.64.